The van der Waals surface area contributed by atoms with Crippen LogP contribution in [-0.2, 0) is 6.54 Å². The third-order valence-corrected chi connectivity index (χ3v) is 7.59. The molecule has 1 N–H and O–H groups in total. The molecule has 0 radical (unpaired) electrons. The lowest BCUT2D eigenvalue weighted by Gasteiger charge is -2.36. The summed E-state index contributed by atoms with van der Waals surface area (Å²) in [5.41, 5.74) is 4.29. The number of anilines is 2. The summed E-state index contributed by atoms with van der Waals surface area (Å²) in [4.78, 5) is 36.6. The van der Waals surface area contributed by atoms with Crippen molar-refractivity contribution >= 4 is 46.3 Å². The molecule has 0 spiro atoms. The summed E-state index contributed by atoms with van der Waals surface area (Å²) in [6.45, 7) is 10.9. The molecule has 0 unspecified atom stereocenters. The number of halogens is 1. The van der Waals surface area contributed by atoms with E-state index >= 15 is 0 Å². The summed E-state index contributed by atoms with van der Waals surface area (Å²) in [5, 5.41) is 6.30. The number of carbonyl (C=O) groups is 2. The van der Waals surface area contributed by atoms with Gasteiger partial charge in [0, 0.05) is 43.3 Å². The van der Waals surface area contributed by atoms with Crippen LogP contribution in [0.3, 0.4) is 0 Å². The van der Waals surface area contributed by atoms with Crippen LogP contribution in [0.15, 0.2) is 47.8 Å². The number of para-hydroxylation sites is 2. The van der Waals surface area contributed by atoms with Gasteiger partial charge in [0.15, 0.2) is 0 Å². The van der Waals surface area contributed by atoms with Crippen LogP contribution in [0.5, 0.6) is 0 Å². The Bertz CT molecular complexity index is 1220. The molecule has 1 aliphatic rings. The highest BCUT2D eigenvalue weighted by molar-refractivity contribution is 7.09. The van der Waals surface area contributed by atoms with Gasteiger partial charge in [0.25, 0.3) is 5.91 Å². The molecule has 2 aromatic carbocycles. The Hall–Kier alpha value is -3.10. The van der Waals surface area contributed by atoms with Crippen molar-refractivity contribution in [2.45, 2.75) is 40.3 Å². The summed E-state index contributed by atoms with van der Waals surface area (Å²) in [7, 11) is 0. The van der Waals surface area contributed by atoms with E-state index in [1.165, 1.54) is 11.3 Å². The van der Waals surface area contributed by atoms with Crippen molar-refractivity contribution in [1.29, 1.82) is 0 Å². The molecular weight excluding hydrogens is 494 g/mol. The fourth-order valence-electron chi connectivity index (χ4n) is 4.33. The molecule has 9 heteroatoms. The minimum absolute atomic E-state index is 0.0322. The first-order chi connectivity index (χ1) is 17.2. The predicted octanol–water partition coefficient (Wildman–Crippen LogP) is 5.82. The first-order valence-electron chi connectivity index (χ1n) is 12.1. The maximum atomic E-state index is 13.1. The summed E-state index contributed by atoms with van der Waals surface area (Å²) < 4.78 is 0. The Morgan fingerprint density at radius 1 is 1.06 bits per heavy atom. The standard InChI is InChI=1S/C27H32ClN5O2S/c1-18(2)33(27(35)30-25-19(3)8-7-9-20(25)4)16-24-29-22(17-36-24)26(34)32-14-12-31(13-15-32)23-11-6-5-10-21(23)28/h5-11,17-18H,12-16H2,1-4H3,(H,30,35). The van der Waals surface area contributed by atoms with Gasteiger partial charge in [-0.05, 0) is 51.0 Å². The monoisotopic (exact) mass is 525 g/mol. The van der Waals surface area contributed by atoms with E-state index in [4.69, 9.17) is 11.6 Å². The quantitative estimate of drug-likeness (QED) is 0.440. The number of aromatic nitrogens is 1. The number of piperazine rings is 1. The van der Waals surface area contributed by atoms with Gasteiger partial charge >= 0.3 is 6.03 Å². The topological polar surface area (TPSA) is 68.8 Å². The largest absolute Gasteiger partial charge is 0.367 e. The van der Waals surface area contributed by atoms with Crippen LogP contribution in [0.25, 0.3) is 0 Å². The van der Waals surface area contributed by atoms with Crippen molar-refractivity contribution in [2.75, 3.05) is 36.4 Å². The van der Waals surface area contributed by atoms with Crippen molar-refractivity contribution in [3.63, 3.8) is 0 Å². The second-order valence-corrected chi connectivity index (χ2v) is 10.6. The van der Waals surface area contributed by atoms with E-state index in [2.05, 4.69) is 15.2 Å². The highest BCUT2D eigenvalue weighted by Crippen LogP contribution is 2.27. The molecule has 3 amide bonds. The van der Waals surface area contributed by atoms with Crippen molar-refractivity contribution in [3.05, 3.63) is 74.7 Å². The molecule has 1 aromatic heterocycles. The fourth-order valence-corrected chi connectivity index (χ4v) is 5.35. The van der Waals surface area contributed by atoms with Crippen LogP contribution >= 0.6 is 22.9 Å². The van der Waals surface area contributed by atoms with E-state index in [9.17, 15) is 9.59 Å². The first kappa shape index (κ1) is 26.0. The Kier molecular flexibility index (Phi) is 8.16. The van der Waals surface area contributed by atoms with Crippen LogP contribution in [0.2, 0.25) is 5.02 Å². The molecule has 1 saturated heterocycles. The first-order valence-corrected chi connectivity index (χ1v) is 13.4. The van der Waals surface area contributed by atoms with Crippen molar-refractivity contribution in [3.8, 4) is 0 Å². The molecule has 0 saturated carbocycles. The van der Waals surface area contributed by atoms with Gasteiger partial charge in [0.2, 0.25) is 0 Å². The molecule has 4 rings (SSSR count). The van der Waals surface area contributed by atoms with Crippen molar-refractivity contribution < 1.29 is 9.59 Å². The molecular formula is C27H32ClN5O2S. The number of carbonyl (C=O) groups excluding carboxylic acids is 2. The molecule has 36 heavy (non-hydrogen) atoms. The minimum Gasteiger partial charge on any atom is -0.367 e. The lowest BCUT2D eigenvalue weighted by atomic mass is 10.1. The fraction of sp³-hybridized carbons (Fsp3) is 0.370. The Balaban J connectivity index is 1.38. The number of nitrogens with one attached hydrogen (secondary N) is 1. The maximum absolute atomic E-state index is 13.1. The number of urea groups is 1. The molecule has 7 nitrogen and oxygen atoms in total. The number of hydrogen-bond donors (Lipinski definition) is 1. The molecule has 3 aromatic rings. The summed E-state index contributed by atoms with van der Waals surface area (Å²) in [5.74, 6) is -0.0765. The number of aryl methyl sites for hydroxylation is 2. The number of hydrogen-bond acceptors (Lipinski definition) is 5. The van der Waals surface area contributed by atoms with Gasteiger partial charge in [0.05, 0.1) is 17.3 Å². The van der Waals surface area contributed by atoms with E-state index in [-0.39, 0.29) is 18.0 Å². The number of amides is 3. The third-order valence-electron chi connectivity index (χ3n) is 6.43. The van der Waals surface area contributed by atoms with Gasteiger partial charge in [-0.15, -0.1) is 11.3 Å². The Morgan fingerprint density at radius 3 is 2.36 bits per heavy atom. The molecule has 0 aliphatic carbocycles. The SMILES string of the molecule is Cc1cccc(C)c1NC(=O)N(Cc1nc(C(=O)N2CCN(c3ccccc3Cl)CC2)cs1)C(C)C. The zero-order valence-electron chi connectivity index (χ0n) is 21.1. The van der Waals surface area contributed by atoms with Gasteiger partial charge in [0.1, 0.15) is 10.7 Å². The van der Waals surface area contributed by atoms with Crippen LogP contribution in [0.4, 0.5) is 16.2 Å². The number of thiazole rings is 1. The highest BCUT2D eigenvalue weighted by atomic mass is 35.5. The van der Waals surface area contributed by atoms with Crippen LogP contribution < -0.4 is 10.2 Å². The third kappa shape index (κ3) is 5.82. The Morgan fingerprint density at radius 2 is 1.72 bits per heavy atom. The molecule has 190 valence electrons. The molecule has 1 aliphatic heterocycles. The summed E-state index contributed by atoms with van der Waals surface area (Å²) >= 11 is 7.75. The normalized spacial score (nSPS) is 13.7. The molecule has 0 atom stereocenters. The van der Waals surface area contributed by atoms with E-state index in [1.807, 2.05) is 75.1 Å². The van der Waals surface area contributed by atoms with Crippen molar-refractivity contribution in [2.24, 2.45) is 0 Å². The zero-order chi connectivity index (χ0) is 25.8. The smallest absolute Gasteiger partial charge is 0.322 e. The number of benzene rings is 2. The van der Waals surface area contributed by atoms with E-state index in [0.717, 1.165) is 32.5 Å². The van der Waals surface area contributed by atoms with E-state index in [0.29, 0.717) is 38.4 Å². The van der Waals surface area contributed by atoms with Crippen LogP contribution in [-0.4, -0.2) is 58.9 Å². The molecule has 0 bridgehead atoms. The maximum Gasteiger partial charge on any atom is 0.322 e. The number of rotatable bonds is 6. The Labute approximate surface area is 221 Å². The average Bonchev–Trinajstić information content (AvgIpc) is 3.33. The second kappa shape index (κ2) is 11.3. The average molecular weight is 526 g/mol. The van der Waals surface area contributed by atoms with E-state index in [1.54, 1.807) is 10.3 Å². The lowest BCUT2D eigenvalue weighted by molar-refractivity contribution is 0.0741. The van der Waals surface area contributed by atoms with Crippen molar-refractivity contribution in [1.82, 2.24) is 14.8 Å². The zero-order valence-corrected chi connectivity index (χ0v) is 22.7. The van der Waals surface area contributed by atoms with E-state index < -0.39 is 0 Å². The van der Waals surface area contributed by atoms with Gasteiger partial charge in [-0.1, -0.05) is 41.9 Å². The minimum atomic E-state index is -0.179. The highest BCUT2D eigenvalue weighted by Gasteiger charge is 2.26. The molecule has 2 heterocycles. The van der Waals surface area contributed by atoms with Crippen LogP contribution in [0, 0.1) is 13.8 Å². The molecule has 1 fully saturated rings. The summed E-state index contributed by atoms with van der Waals surface area (Å²) in [6, 6.07) is 13.5. The van der Waals surface area contributed by atoms with Gasteiger partial charge < -0.3 is 20.0 Å². The van der Waals surface area contributed by atoms with Gasteiger partial charge in [-0.2, -0.15) is 0 Å². The van der Waals surface area contributed by atoms with Gasteiger partial charge in [-0.25, -0.2) is 9.78 Å². The predicted molar refractivity (Wildman–Crippen MR) is 147 cm³/mol. The summed E-state index contributed by atoms with van der Waals surface area (Å²) in [6.07, 6.45) is 0. The van der Waals surface area contributed by atoms with Crippen LogP contribution in [0.1, 0.15) is 40.5 Å². The lowest BCUT2D eigenvalue weighted by Crippen LogP contribution is -2.49. The number of nitrogens with zero attached hydrogens (tertiary/aromatic N) is 4. The second-order valence-electron chi connectivity index (χ2n) is 9.28. The van der Waals surface area contributed by atoms with Gasteiger partial charge in [-0.3, -0.25) is 4.79 Å².